The fraction of sp³-hybridized carbons (Fsp3) is 0.391. The number of nitrogens with zero attached hydrogens (tertiary/aromatic N) is 4. The summed E-state index contributed by atoms with van der Waals surface area (Å²) in [7, 11) is 0.342. The highest BCUT2D eigenvalue weighted by Gasteiger charge is 2.27. The second-order valence-corrected chi connectivity index (χ2v) is 11.6. The average Bonchev–Trinajstić information content (AvgIpc) is 3.27. The molecule has 0 saturated carbocycles. The Balaban J connectivity index is 1.60. The second-order valence-electron chi connectivity index (χ2n) is 8.24. The van der Waals surface area contributed by atoms with Gasteiger partial charge in [-0.2, -0.15) is 4.31 Å². The summed E-state index contributed by atoms with van der Waals surface area (Å²) in [6.07, 6.45) is 0.756. The Kier molecular flexibility index (Phi) is 7.86. The van der Waals surface area contributed by atoms with Gasteiger partial charge in [0.1, 0.15) is 5.52 Å². The maximum Gasteiger partial charge on any atom is 0.260 e. The Morgan fingerprint density at radius 1 is 1.12 bits per heavy atom. The van der Waals surface area contributed by atoms with Crippen molar-refractivity contribution in [2.75, 3.05) is 58.4 Å². The molecule has 1 aliphatic heterocycles. The minimum absolute atomic E-state index is 0.164. The summed E-state index contributed by atoms with van der Waals surface area (Å²) >= 11 is 7.72. The number of hydrogen-bond donors (Lipinski definition) is 0. The van der Waals surface area contributed by atoms with Crippen molar-refractivity contribution in [3.63, 3.8) is 0 Å². The van der Waals surface area contributed by atoms with Crippen LogP contribution in [0.3, 0.4) is 0 Å². The van der Waals surface area contributed by atoms with Crippen LogP contribution in [0.15, 0.2) is 47.4 Å². The van der Waals surface area contributed by atoms with Crippen molar-refractivity contribution in [3.05, 3.63) is 53.1 Å². The summed E-state index contributed by atoms with van der Waals surface area (Å²) in [5.41, 5.74) is 1.07. The van der Waals surface area contributed by atoms with E-state index in [1.54, 1.807) is 23.1 Å². The molecule has 8 nitrogen and oxygen atoms in total. The van der Waals surface area contributed by atoms with E-state index in [0.717, 1.165) is 17.7 Å². The largest absolute Gasteiger partial charge is 0.379 e. The van der Waals surface area contributed by atoms with Crippen LogP contribution >= 0.6 is 22.9 Å². The highest BCUT2D eigenvalue weighted by molar-refractivity contribution is 7.89. The van der Waals surface area contributed by atoms with E-state index in [1.807, 2.05) is 26.2 Å². The van der Waals surface area contributed by atoms with Crippen molar-refractivity contribution in [1.82, 2.24) is 14.2 Å². The van der Waals surface area contributed by atoms with Crippen molar-refractivity contribution in [2.24, 2.45) is 0 Å². The smallest absolute Gasteiger partial charge is 0.260 e. The van der Waals surface area contributed by atoms with Crippen LogP contribution in [-0.4, -0.2) is 82.0 Å². The molecule has 34 heavy (non-hydrogen) atoms. The number of sulfonamides is 1. The molecule has 0 radical (unpaired) electrons. The molecule has 2 aromatic carbocycles. The van der Waals surface area contributed by atoms with Gasteiger partial charge in [-0.25, -0.2) is 13.4 Å². The standard InChI is InChI=1S/C23H27ClN4O4S2/c1-26(2)11-4-12-28(23-25-21-19(24)5-3-6-20(21)33-23)22(29)17-7-9-18(10-8-17)34(30,31)27-13-15-32-16-14-27/h3,5-10H,4,11-16H2,1-2H3. The van der Waals surface area contributed by atoms with Gasteiger partial charge in [-0.15, -0.1) is 0 Å². The number of carbonyl (C=O) groups is 1. The quantitative estimate of drug-likeness (QED) is 0.450. The van der Waals surface area contributed by atoms with Gasteiger partial charge >= 0.3 is 0 Å². The molecule has 1 aliphatic rings. The van der Waals surface area contributed by atoms with Crippen LogP contribution < -0.4 is 4.90 Å². The van der Waals surface area contributed by atoms with E-state index < -0.39 is 10.0 Å². The van der Waals surface area contributed by atoms with Gasteiger partial charge in [-0.3, -0.25) is 9.69 Å². The number of aromatic nitrogens is 1. The minimum Gasteiger partial charge on any atom is -0.379 e. The Bertz CT molecular complexity index is 1260. The highest BCUT2D eigenvalue weighted by atomic mass is 35.5. The molecular weight excluding hydrogens is 496 g/mol. The number of morpholine rings is 1. The first-order valence-corrected chi connectivity index (χ1v) is 13.6. The maximum absolute atomic E-state index is 13.5. The number of amides is 1. The summed E-state index contributed by atoms with van der Waals surface area (Å²) < 4.78 is 33.4. The number of rotatable bonds is 8. The van der Waals surface area contributed by atoms with E-state index in [-0.39, 0.29) is 10.8 Å². The van der Waals surface area contributed by atoms with Crippen LogP contribution in [0, 0.1) is 0 Å². The van der Waals surface area contributed by atoms with E-state index in [9.17, 15) is 13.2 Å². The predicted molar refractivity (Wildman–Crippen MR) is 135 cm³/mol. The Morgan fingerprint density at radius 3 is 2.47 bits per heavy atom. The molecule has 3 aromatic rings. The molecule has 0 bridgehead atoms. The van der Waals surface area contributed by atoms with Gasteiger partial charge in [0, 0.05) is 25.2 Å². The third-order valence-electron chi connectivity index (χ3n) is 5.53. The average molecular weight is 523 g/mol. The minimum atomic E-state index is -3.62. The van der Waals surface area contributed by atoms with Crippen molar-refractivity contribution in [1.29, 1.82) is 0 Å². The predicted octanol–water partition coefficient (Wildman–Crippen LogP) is 3.57. The number of carbonyl (C=O) groups excluding carboxylic acids is 1. The number of fused-ring (bicyclic) bond motifs is 1. The van der Waals surface area contributed by atoms with Gasteiger partial charge in [-0.1, -0.05) is 29.0 Å². The summed E-state index contributed by atoms with van der Waals surface area (Å²) in [6.45, 7) is 2.69. The van der Waals surface area contributed by atoms with Gasteiger partial charge in [0.2, 0.25) is 10.0 Å². The first kappa shape index (κ1) is 25.0. The fourth-order valence-electron chi connectivity index (χ4n) is 3.71. The molecule has 0 unspecified atom stereocenters. The number of hydrogen-bond acceptors (Lipinski definition) is 7. The second kappa shape index (κ2) is 10.7. The van der Waals surface area contributed by atoms with E-state index >= 15 is 0 Å². The van der Waals surface area contributed by atoms with Crippen molar-refractivity contribution < 1.29 is 17.9 Å². The zero-order valence-corrected chi connectivity index (χ0v) is 21.5. The van der Waals surface area contributed by atoms with E-state index in [0.29, 0.717) is 54.1 Å². The molecule has 4 rings (SSSR count). The van der Waals surface area contributed by atoms with Gasteiger partial charge in [0.15, 0.2) is 5.13 Å². The summed E-state index contributed by atoms with van der Waals surface area (Å²) in [6, 6.07) is 11.7. The Hall–Kier alpha value is -2.08. The maximum atomic E-state index is 13.5. The molecule has 0 spiro atoms. The van der Waals surface area contributed by atoms with Crippen LogP contribution in [0.2, 0.25) is 5.02 Å². The molecule has 0 N–H and O–H groups in total. The number of ether oxygens (including phenoxy) is 1. The first-order valence-electron chi connectivity index (χ1n) is 11.0. The van der Waals surface area contributed by atoms with Crippen molar-refractivity contribution >= 4 is 54.2 Å². The zero-order valence-electron chi connectivity index (χ0n) is 19.1. The lowest BCUT2D eigenvalue weighted by Gasteiger charge is -2.26. The van der Waals surface area contributed by atoms with Crippen LogP contribution in [0.4, 0.5) is 5.13 Å². The van der Waals surface area contributed by atoms with Crippen molar-refractivity contribution in [3.8, 4) is 0 Å². The number of benzene rings is 2. The first-order chi connectivity index (χ1) is 16.3. The number of para-hydroxylation sites is 1. The molecule has 1 aromatic heterocycles. The molecule has 182 valence electrons. The number of halogens is 1. The monoisotopic (exact) mass is 522 g/mol. The summed E-state index contributed by atoms with van der Waals surface area (Å²) in [5, 5.41) is 1.11. The molecule has 11 heteroatoms. The zero-order chi connectivity index (χ0) is 24.3. The number of thiazole rings is 1. The Morgan fingerprint density at radius 2 is 1.82 bits per heavy atom. The third-order valence-corrected chi connectivity index (χ3v) is 8.79. The van der Waals surface area contributed by atoms with Gasteiger partial charge in [0.25, 0.3) is 5.91 Å². The van der Waals surface area contributed by atoms with Crippen LogP contribution in [0.25, 0.3) is 10.2 Å². The molecular formula is C23H27ClN4O4S2. The normalized spacial score (nSPS) is 15.2. The van der Waals surface area contributed by atoms with Gasteiger partial charge < -0.3 is 9.64 Å². The van der Waals surface area contributed by atoms with Crippen LogP contribution in [0.5, 0.6) is 0 Å². The lowest BCUT2D eigenvalue weighted by atomic mass is 10.2. The van der Waals surface area contributed by atoms with E-state index in [2.05, 4.69) is 9.88 Å². The molecule has 0 aliphatic carbocycles. The van der Waals surface area contributed by atoms with E-state index in [1.165, 1.54) is 27.8 Å². The SMILES string of the molecule is CN(C)CCCN(C(=O)c1ccc(S(=O)(=O)N2CCOCC2)cc1)c1nc2c(Cl)cccc2s1. The van der Waals surface area contributed by atoms with Gasteiger partial charge in [-0.05, 0) is 63.5 Å². The van der Waals surface area contributed by atoms with Crippen LogP contribution in [0.1, 0.15) is 16.8 Å². The molecule has 1 saturated heterocycles. The molecule has 2 heterocycles. The summed E-state index contributed by atoms with van der Waals surface area (Å²) in [4.78, 5) is 22.0. The van der Waals surface area contributed by atoms with E-state index in [4.69, 9.17) is 16.3 Å². The molecule has 0 atom stereocenters. The van der Waals surface area contributed by atoms with Gasteiger partial charge in [0.05, 0.1) is 27.8 Å². The lowest BCUT2D eigenvalue weighted by molar-refractivity contribution is 0.0730. The highest BCUT2D eigenvalue weighted by Crippen LogP contribution is 2.33. The third kappa shape index (κ3) is 5.42. The topological polar surface area (TPSA) is 83.1 Å². The summed E-state index contributed by atoms with van der Waals surface area (Å²) in [5.74, 6) is -0.232. The number of anilines is 1. The Labute approximate surface area is 208 Å². The van der Waals surface area contributed by atoms with Crippen molar-refractivity contribution in [2.45, 2.75) is 11.3 Å². The molecule has 1 amide bonds. The fourth-order valence-corrected chi connectivity index (χ4v) is 6.41. The molecule has 1 fully saturated rings. The van der Waals surface area contributed by atoms with Crippen LogP contribution in [-0.2, 0) is 14.8 Å². The lowest BCUT2D eigenvalue weighted by Crippen LogP contribution is -2.40.